The fraction of sp³-hybridized carbons (Fsp3) is 0.800. The number of rotatable bonds is 11. The molecule has 0 aromatic heterocycles. The van der Waals surface area contributed by atoms with E-state index in [0.717, 1.165) is 11.5 Å². The van der Waals surface area contributed by atoms with Crippen molar-refractivity contribution in [3.05, 3.63) is 12.3 Å². The van der Waals surface area contributed by atoms with Crippen molar-refractivity contribution < 1.29 is 13.3 Å². The molecule has 0 N–H and O–H groups in total. The van der Waals surface area contributed by atoms with Gasteiger partial charge in [0, 0.05) is 31.3 Å². The molecule has 16 heavy (non-hydrogen) atoms. The van der Waals surface area contributed by atoms with Crippen molar-refractivity contribution >= 4 is 32.3 Å². The van der Waals surface area contributed by atoms with Gasteiger partial charge in [-0.3, -0.25) is 0 Å². The molecule has 0 unspecified atom stereocenters. The van der Waals surface area contributed by atoms with Crippen LogP contribution in [0, 0.1) is 0 Å². The van der Waals surface area contributed by atoms with Gasteiger partial charge in [0.2, 0.25) is 0 Å². The molecule has 6 heteroatoms. The normalized spacial score (nSPS) is 11.7. The molecule has 3 nitrogen and oxygen atoms in total. The Balaban J connectivity index is 4.14. The highest BCUT2D eigenvalue weighted by Crippen LogP contribution is 2.12. The van der Waals surface area contributed by atoms with Gasteiger partial charge in [-0.25, -0.2) is 0 Å². The molecule has 0 atom stereocenters. The molecule has 0 amide bonds. The second-order valence-corrected chi connectivity index (χ2v) is 7.38. The van der Waals surface area contributed by atoms with Gasteiger partial charge in [-0.05, 0) is 25.1 Å². The van der Waals surface area contributed by atoms with E-state index in [1.54, 1.807) is 29.2 Å². The Morgan fingerprint density at radius 1 is 1.06 bits per heavy atom. The highest BCUT2D eigenvalue weighted by atomic mass is 32.2. The van der Waals surface area contributed by atoms with Crippen LogP contribution in [-0.2, 0) is 13.3 Å². The minimum absolute atomic E-state index is 0.594. The van der Waals surface area contributed by atoms with Crippen LogP contribution in [-0.4, -0.2) is 52.6 Å². The fourth-order valence-corrected chi connectivity index (χ4v) is 3.61. The van der Waals surface area contributed by atoms with Crippen LogP contribution < -0.4 is 0 Å². The smallest absolute Gasteiger partial charge is 0.371 e. The molecule has 0 aliphatic rings. The third-order valence-corrected chi connectivity index (χ3v) is 5.33. The van der Waals surface area contributed by atoms with Crippen molar-refractivity contribution in [2.45, 2.75) is 6.92 Å². The molecule has 0 spiro atoms. The molecule has 0 aromatic carbocycles. The number of hydrogen-bond acceptors (Lipinski definition) is 5. The van der Waals surface area contributed by atoms with E-state index in [1.807, 2.05) is 6.92 Å². The van der Waals surface area contributed by atoms with E-state index < -0.39 is 8.80 Å². The van der Waals surface area contributed by atoms with Gasteiger partial charge in [0.05, 0.1) is 0 Å². The molecule has 0 aromatic rings. The quantitative estimate of drug-likeness (QED) is 0.429. The highest BCUT2D eigenvalue weighted by Gasteiger charge is 2.37. The molecule has 0 saturated carbocycles. The van der Waals surface area contributed by atoms with Gasteiger partial charge in [-0.2, -0.15) is 23.5 Å². The maximum atomic E-state index is 5.75. The lowest BCUT2D eigenvalue weighted by molar-refractivity contribution is 0.0861. The van der Waals surface area contributed by atoms with Gasteiger partial charge in [-0.1, -0.05) is 6.58 Å². The summed E-state index contributed by atoms with van der Waals surface area (Å²) in [5.41, 5.74) is 1.72. The van der Waals surface area contributed by atoms with Crippen molar-refractivity contribution in [1.82, 2.24) is 0 Å². The first-order valence-electron chi connectivity index (χ1n) is 5.28. The topological polar surface area (TPSA) is 27.7 Å². The van der Waals surface area contributed by atoms with E-state index in [1.165, 1.54) is 0 Å². The zero-order valence-corrected chi connectivity index (χ0v) is 13.0. The van der Waals surface area contributed by atoms with Crippen LogP contribution in [0.15, 0.2) is 12.3 Å². The van der Waals surface area contributed by atoms with Gasteiger partial charge in [0.15, 0.2) is 0 Å². The van der Waals surface area contributed by atoms with Crippen molar-refractivity contribution in [2.24, 2.45) is 0 Å². The lowest BCUT2D eigenvalue weighted by atomic mass is 10.9. The Bertz CT molecular complexity index is 171. The van der Waals surface area contributed by atoms with E-state index in [-0.39, 0.29) is 0 Å². The summed E-state index contributed by atoms with van der Waals surface area (Å²) >= 11 is 3.49. The summed E-state index contributed by atoms with van der Waals surface area (Å²) in [7, 11) is -2.61. The minimum atomic E-state index is -2.61. The summed E-state index contributed by atoms with van der Waals surface area (Å²) in [6.45, 7) is 7.62. The summed E-state index contributed by atoms with van der Waals surface area (Å²) in [6, 6.07) is 0. The van der Waals surface area contributed by atoms with E-state index >= 15 is 0 Å². The van der Waals surface area contributed by atoms with Gasteiger partial charge < -0.3 is 13.3 Å². The largest absolute Gasteiger partial charge is 0.529 e. The van der Waals surface area contributed by atoms with Crippen LogP contribution in [0.3, 0.4) is 0 Å². The van der Waals surface area contributed by atoms with Crippen LogP contribution >= 0.6 is 23.5 Å². The molecule has 0 rings (SSSR count). The zero-order chi connectivity index (χ0) is 12.3. The summed E-state index contributed by atoms with van der Waals surface area (Å²) in [5, 5.41) is 0. The Hall–Kier alpha value is 0.537. The predicted molar refractivity (Wildman–Crippen MR) is 76.2 cm³/mol. The molecule has 0 aliphatic carbocycles. The van der Waals surface area contributed by atoms with E-state index in [2.05, 4.69) is 19.1 Å². The van der Waals surface area contributed by atoms with E-state index in [0.29, 0.717) is 19.8 Å². The van der Waals surface area contributed by atoms with Crippen LogP contribution in [0.2, 0.25) is 0 Å². The molecular formula is C10H22O3S2Si. The second kappa shape index (κ2) is 10.7. The molecule has 0 aliphatic heterocycles. The molecular weight excluding hydrogens is 260 g/mol. The minimum Gasteiger partial charge on any atom is -0.371 e. The predicted octanol–water partition coefficient (Wildman–Crippen LogP) is 2.45. The Kier molecular flexibility index (Phi) is 11.0. The monoisotopic (exact) mass is 282 g/mol. The van der Waals surface area contributed by atoms with Gasteiger partial charge in [-0.15, -0.1) is 0 Å². The fourth-order valence-electron chi connectivity index (χ4n) is 1.04. The van der Waals surface area contributed by atoms with E-state index in [9.17, 15) is 0 Å². The maximum absolute atomic E-state index is 5.75. The van der Waals surface area contributed by atoms with Crippen molar-refractivity contribution in [3.63, 3.8) is 0 Å². The van der Waals surface area contributed by atoms with E-state index in [4.69, 9.17) is 13.3 Å². The van der Waals surface area contributed by atoms with Crippen molar-refractivity contribution in [1.29, 1.82) is 0 Å². The van der Waals surface area contributed by atoms with Gasteiger partial charge in [0.25, 0.3) is 0 Å². The summed E-state index contributed by atoms with van der Waals surface area (Å²) < 4.78 is 17.1. The highest BCUT2D eigenvalue weighted by molar-refractivity contribution is 7.98. The number of thioether (sulfide) groups is 2. The standard InChI is InChI=1S/C10H22O3S2Si/c1-5-11-16(6-2,12-7-9-14-3)13-8-10-15-4/h6H,2,5,7-10H2,1,3-4H3. The maximum Gasteiger partial charge on any atom is 0.529 e. The van der Waals surface area contributed by atoms with Gasteiger partial charge in [0.1, 0.15) is 0 Å². The Morgan fingerprint density at radius 3 is 1.88 bits per heavy atom. The molecule has 0 bridgehead atoms. The summed E-state index contributed by atoms with van der Waals surface area (Å²) in [6.07, 6.45) is 4.10. The van der Waals surface area contributed by atoms with Gasteiger partial charge >= 0.3 is 8.80 Å². The van der Waals surface area contributed by atoms with Crippen molar-refractivity contribution in [2.75, 3.05) is 43.8 Å². The summed E-state index contributed by atoms with van der Waals surface area (Å²) in [4.78, 5) is 0. The second-order valence-electron chi connectivity index (χ2n) is 2.92. The average molecular weight is 283 g/mol. The Morgan fingerprint density at radius 2 is 1.56 bits per heavy atom. The lowest BCUT2D eigenvalue weighted by Crippen LogP contribution is -2.45. The molecule has 0 saturated heterocycles. The average Bonchev–Trinajstić information content (AvgIpc) is 2.29. The van der Waals surface area contributed by atoms with Crippen LogP contribution in [0.5, 0.6) is 0 Å². The third-order valence-electron chi connectivity index (χ3n) is 1.78. The first-order chi connectivity index (χ1) is 7.74. The molecule has 0 heterocycles. The third kappa shape index (κ3) is 6.98. The molecule has 96 valence electrons. The van der Waals surface area contributed by atoms with Crippen LogP contribution in [0.4, 0.5) is 0 Å². The molecule has 0 fully saturated rings. The SMILES string of the molecule is C=C[Si](OCC)(OCCSC)OCCSC. The number of hydrogen-bond donors (Lipinski definition) is 0. The Labute approximate surface area is 109 Å². The lowest BCUT2D eigenvalue weighted by Gasteiger charge is -2.25. The molecule has 0 radical (unpaired) electrons. The van der Waals surface area contributed by atoms with Crippen molar-refractivity contribution in [3.8, 4) is 0 Å². The first-order valence-corrected chi connectivity index (χ1v) is 9.87. The summed E-state index contributed by atoms with van der Waals surface area (Å²) in [5.74, 6) is 1.89. The van der Waals surface area contributed by atoms with Crippen LogP contribution in [0.1, 0.15) is 6.92 Å². The zero-order valence-electron chi connectivity index (χ0n) is 10.4. The first kappa shape index (κ1) is 16.5. The van der Waals surface area contributed by atoms with Crippen LogP contribution in [0.25, 0.3) is 0 Å².